The van der Waals surface area contributed by atoms with Crippen molar-refractivity contribution in [1.82, 2.24) is 14.7 Å². The Hall–Kier alpha value is -2.11. The van der Waals surface area contributed by atoms with Crippen molar-refractivity contribution < 1.29 is 9.53 Å². The lowest BCUT2D eigenvalue weighted by molar-refractivity contribution is 0.0223. The lowest BCUT2D eigenvalue weighted by Gasteiger charge is -2.30. The summed E-state index contributed by atoms with van der Waals surface area (Å²) in [5, 5.41) is 13.3. The molecular weight excluding hydrogens is 304 g/mol. The smallest absolute Gasteiger partial charge is 0.410 e. The Bertz CT molecular complexity index is 733. The number of hydrogen-bond donors (Lipinski definition) is 1. The summed E-state index contributed by atoms with van der Waals surface area (Å²) in [7, 11) is 0. The first-order valence-electron chi connectivity index (χ1n) is 8.49. The number of nitrogens with zero attached hydrogens (tertiary/aromatic N) is 3. The summed E-state index contributed by atoms with van der Waals surface area (Å²) >= 11 is 0. The second-order valence-electron chi connectivity index (χ2n) is 7.75. The minimum Gasteiger partial charge on any atom is -0.444 e. The van der Waals surface area contributed by atoms with E-state index >= 15 is 0 Å². The molecule has 0 saturated heterocycles. The van der Waals surface area contributed by atoms with E-state index < -0.39 is 5.60 Å². The van der Waals surface area contributed by atoms with Crippen molar-refractivity contribution in [2.45, 2.75) is 66.2 Å². The Morgan fingerprint density at radius 3 is 2.54 bits per heavy atom. The minimum atomic E-state index is -0.502. The molecule has 0 saturated carbocycles. The van der Waals surface area contributed by atoms with E-state index in [0.29, 0.717) is 25.2 Å². The van der Waals surface area contributed by atoms with E-state index in [4.69, 9.17) is 10.1 Å². The van der Waals surface area contributed by atoms with Gasteiger partial charge in [-0.3, -0.25) is 10.1 Å². The Balaban J connectivity index is 1.90. The van der Waals surface area contributed by atoms with Crippen molar-refractivity contribution in [3.63, 3.8) is 0 Å². The van der Waals surface area contributed by atoms with Crippen LogP contribution < -0.4 is 0 Å². The van der Waals surface area contributed by atoms with E-state index in [1.54, 1.807) is 4.90 Å². The van der Waals surface area contributed by atoms with Crippen LogP contribution in [0.3, 0.4) is 0 Å². The molecule has 1 aromatic heterocycles. The highest BCUT2D eigenvalue weighted by atomic mass is 16.6. The molecule has 2 aliphatic heterocycles. The van der Waals surface area contributed by atoms with E-state index in [2.05, 4.69) is 18.9 Å². The quantitative estimate of drug-likeness (QED) is 0.793. The first-order chi connectivity index (χ1) is 11.2. The zero-order valence-electron chi connectivity index (χ0n) is 15.2. The highest BCUT2D eigenvalue weighted by Crippen LogP contribution is 2.30. The Kier molecular flexibility index (Phi) is 4.01. The molecule has 3 heterocycles. The third-order valence-corrected chi connectivity index (χ3v) is 4.47. The summed E-state index contributed by atoms with van der Waals surface area (Å²) in [5.41, 5.74) is 5.24. The fraction of sp³-hybridized carbons (Fsp3) is 0.611. The Morgan fingerprint density at radius 2 is 1.92 bits per heavy atom. The van der Waals surface area contributed by atoms with Gasteiger partial charge in [-0.05, 0) is 46.6 Å². The molecule has 1 aromatic rings. The fourth-order valence-corrected chi connectivity index (χ4v) is 3.34. The number of hydrogen-bond acceptors (Lipinski definition) is 4. The molecule has 1 N–H and O–H groups in total. The molecule has 0 bridgehead atoms. The highest BCUT2D eigenvalue weighted by Gasteiger charge is 2.33. The lowest BCUT2D eigenvalue weighted by Crippen LogP contribution is -2.40. The molecule has 2 aliphatic rings. The molecule has 0 aromatic carbocycles. The van der Waals surface area contributed by atoms with Gasteiger partial charge in [0.05, 0.1) is 23.6 Å². The molecule has 0 radical (unpaired) electrons. The van der Waals surface area contributed by atoms with Gasteiger partial charge in [-0.1, -0.05) is 5.57 Å². The van der Waals surface area contributed by atoms with Gasteiger partial charge in [0, 0.05) is 25.1 Å². The maximum absolute atomic E-state index is 12.4. The third-order valence-electron chi connectivity index (χ3n) is 4.47. The average molecular weight is 330 g/mol. The van der Waals surface area contributed by atoms with E-state index in [1.165, 1.54) is 5.57 Å². The Labute approximate surface area is 143 Å². The van der Waals surface area contributed by atoms with Crippen molar-refractivity contribution in [2.24, 2.45) is 0 Å². The van der Waals surface area contributed by atoms with Crippen molar-refractivity contribution in [3.05, 3.63) is 28.1 Å². The number of nitrogens with one attached hydrogen (secondary N) is 1. The number of allylic oxidation sites excluding steroid dienone is 2. The molecule has 0 spiro atoms. The first kappa shape index (κ1) is 16.7. The van der Waals surface area contributed by atoms with Gasteiger partial charge < -0.3 is 9.64 Å². The molecule has 0 atom stereocenters. The molecule has 3 rings (SSSR count). The molecule has 0 unspecified atom stereocenters. The van der Waals surface area contributed by atoms with Crippen molar-refractivity contribution in [3.8, 4) is 0 Å². The number of carbonyl (C=O) groups excluding carboxylic acids is 1. The van der Waals surface area contributed by atoms with Crippen LogP contribution in [-0.4, -0.2) is 38.6 Å². The first-order valence-corrected chi connectivity index (χ1v) is 8.49. The summed E-state index contributed by atoms with van der Waals surface area (Å²) in [6.45, 7) is 11.6. The van der Waals surface area contributed by atoms with E-state index in [-0.39, 0.29) is 6.09 Å². The average Bonchev–Trinajstić information content (AvgIpc) is 2.83. The van der Waals surface area contributed by atoms with Crippen LogP contribution in [-0.2, 0) is 24.2 Å². The molecule has 1 amide bonds. The summed E-state index contributed by atoms with van der Waals surface area (Å²) in [5.74, 6) is 0. The van der Waals surface area contributed by atoms with Gasteiger partial charge in [0.2, 0.25) is 0 Å². The highest BCUT2D eigenvalue weighted by molar-refractivity contribution is 6.11. The molecule has 0 fully saturated rings. The zero-order valence-corrected chi connectivity index (χ0v) is 15.2. The third kappa shape index (κ3) is 2.97. The van der Waals surface area contributed by atoms with Gasteiger partial charge in [-0.15, -0.1) is 0 Å². The SMILES string of the molecule is CC(C)=C1CCn2nc3c(c2C1=N)CN(C(=O)OC(C)(C)C)CC3. The fourth-order valence-electron chi connectivity index (χ4n) is 3.34. The summed E-state index contributed by atoms with van der Waals surface area (Å²) in [6, 6.07) is 0. The second kappa shape index (κ2) is 5.76. The Morgan fingerprint density at radius 1 is 1.21 bits per heavy atom. The van der Waals surface area contributed by atoms with Crippen LogP contribution in [0.1, 0.15) is 58.0 Å². The lowest BCUT2D eigenvalue weighted by atomic mass is 9.93. The van der Waals surface area contributed by atoms with Gasteiger partial charge in [-0.2, -0.15) is 5.10 Å². The van der Waals surface area contributed by atoms with Crippen LogP contribution in [0.5, 0.6) is 0 Å². The van der Waals surface area contributed by atoms with Crippen LogP contribution in [0.15, 0.2) is 11.1 Å². The summed E-state index contributed by atoms with van der Waals surface area (Å²) in [4.78, 5) is 14.1. The summed E-state index contributed by atoms with van der Waals surface area (Å²) in [6.07, 6.45) is 1.27. The van der Waals surface area contributed by atoms with Crippen LogP contribution in [0.25, 0.3) is 0 Å². The molecule has 0 aliphatic carbocycles. The number of amides is 1. The van der Waals surface area contributed by atoms with Crippen molar-refractivity contribution >= 4 is 11.8 Å². The van der Waals surface area contributed by atoms with Crippen LogP contribution in [0, 0.1) is 5.41 Å². The van der Waals surface area contributed by atoms with Gasteiger partial charge >= 0.3 is 6.09 Å². The van der Waals surface area contributed by atoms with Crippen molar-refractivity contribution in [1.29, 1.82) is 5.41 Å². The van der Waals surface area contributed by atoms with Gasteiger partial charge in [0.15, 0.2) is 0 Å². The zero-order chi connectivity index (χ0) is 17.6. The maximum Gasteiger partial charge on any atom is 0.410 e. The van der Waals surface area contributed by atoms with Gasteiger partial charge in [0.1, 0.15) is 5.60 Å². The normalized spacial score (nSPS) is 17.5. The van der Waals surface area contributed by atoms with Gasteiger partial charge in [0.25, 0.3) is 0 Å². The number of ether oxygens (including phenoxy) is 1. The molecule has 6 nitrogen and oxygen atoms in total. The van der Waals surface area contributed by atoms with E-state index in [9.17, 15) is 4.79 Å². The molecule has 24 heavy (non-hydrogen) atoms. The topological polar surface area (TPSA) is 71.2 Å². The van der Waals surface area contributed by atoms with Gasteiger partial charge in [-0.25, -0.2) is 4.79 Å². The predicted molar refractivity (Wildman–Crippen MR) is 92.4 cm³/mol. The van der Waals surface area contributed by atoms with E-state index in [0.717, 1.165) is 35.5 Å². The second-order valence-corrected chi connectivity index (χ2v) is 7.75. The standard InChI is InChI=1S/C18H26N4O2/c1-11(2)12-6-9-22-16(15(12)19)13-10-21(8-7-14(13)20-22)17(23)24-18(3,4)5/h19H,6-10H2,1-5H3. The van der Waals surface area contributed by atoms with Crippen molar-refractivity contribution in [2.75, 3.05) is 6.54 Å². The van der Waals surface area contributed by atoms with Crippen LogP contribution in [0.4, 0.5) is 4.79 Å². The molecule has 130 valence electrons. The predicted octanol–water partition coefficient (Wildman–Crippen LogP) is 3.28. The van der Waals surface area contributed by atoms with E-state index in [1.807, 2.05) is 25.5 Å². The number of carbonyl (C=O) groups is 1. The number of rotatable bonds is 0. The number of fused-ring (bicyclic) bond motifs is 3. The minimum absolute atomic E-state index is 0.294. The number of aryl methyl sites for hydroxylation is 1. The maximum atomic E-state index is 12.4. The summed E-state index contributed by atoms with van der Waals surface area (Å²) < 4.78 is 7.44. The molecular formula is C18H26N4O2. The monoisotopic (exact) mass is 330 g/mol. The van der Waals surface area contributed by atoms with Crippen LogP contribution >= 0.6 is 0 Å². The van der Waals surface area contributed by atoms with Crippen LogP contribution in [0.2, 0.25) is 0 Å². The molecule has 6 heteroatoms. The largest absolute Gasteiger partial charge is 0.444 e. The number of aromatic nitrogens is 2.